The van der Waals surface area contributed by atoms with Crippen LogP contribution in [0.3, 0.4) is 0 Å². The van der Waals surface area contributed by atoms with Crippen molar-refractivity contribution in [1.29, 1.82) is 0 Å². The van der Waals surface area contributed by atoms with Gasteiger partial charge in [-0.05, 0) is 79.9 Å². The van der Waals surface area contributed by atoms with Crippen LogP contribution in [0.1, 0.15) is 20.7 Å². The number of fused-ring (bicyclic) bond motifs is 1. The van der Waals surface area contributed by atoms with E-state index in [0.717, 1.165) is 13.4 Å². The van der Waals surface area contributed by atoms with Crippen molar-refractivity contribution in [3.05, 3.63) is 34.0 Å². The van der Waals surface area contributed by atoms with Gasteiger partial charge in [-0.1, -0.05) is 0 Å². The maximum Gasteiger partial charge on any atom is 0.344 e. The molecule has 0 saturated carbocycles. The van der Waals surface area contributed by atoms with Gasteiger partial charge in [0, 0.05) is 10.7 Å². The monoisotopic (exact) mass is 789 g/mol. The van der Waals surface area contributed by atoms with Gasteiger partial charge in [-0.2, -0.15) is 8.42 Å². The number of nitrogens with one attached hydrogen (secondary N) is 1. The summed E-state index contributed by atoms with van der Waals surface area (Å²) in [6.45, 7) is 0. The molecule has 0 radical (unpaired) electrons. The summed E-state index contributed by atoms with van der Waals surface area (Å²) < 4.78 is 66.8. The number of carbonyl (C=O) groups is 2. The zero-order valence-corrected chi connectivity index (χ0v) is 22.4. The van der Waals surface area contributed by atoms with Crippen molar-refractivity contribution < 1.29 is 39.8 Å². The highest BCUT2D eigenvalue weighted by Crippen LogP contribution is 2.54. The zero-order valence-electron chi connectivity index (χ0n) is 14.3. The van der Waals surface area contributed by atoms with E-state index in [1.807, 2.05) is 51.2 Å². The summed E-state index contributed by atoms with van der Waals surface area (Å²) in [7, 11) is -8.45. The molecule has 1 aliphatic rings. The third-order valence-corrected chi connectivity index (χ3v) is 9.34. The fourth-order valence-electron chi connectivity index (χ4n) is 2.77. The molecule has 0 spiro atoms. The number of carbonyl (C=O) groups excluding carboxylic acids is 2. The summed E-state index contributed by atoms with van der Waals surface area (Å²) in [5.41, 5.74) is -1.12. The number of benzene rings is 2. The van der Waals surface area contributed by atoms with Crippen molar-refractivity contribution in [2.24, 2.45) is 0 Å². The van der Waals surface area contributed by atoms with Crippen LogP contribution in [0.15, 0.2) is 21.4 Å². The fourth-order valence-corrected chi connectivity index (χ4v) is 6.83. The minimum Gasteiger partial charge on any atom is -0.447 e. The van der Waals surface area contributed by atoms with Crippen molar-refractivity contribution in [3.8, 4) is 11.5 Å². The number of hydrogen-bond donors (Lipinski definition) is 1. The Hall–Kier alpha value is -0.930. The number of amides is 1. The Labute approximate surface area is 210 Å². The maximum atomic E-state index is 12.8. The summed E-state index contributed by atoms with van der Waals surface area (Å²) in [6, 6.07) is 3.43. The molecule has 30 heavy (non-hydrogen) atoms. The van der Waals surface area contributed by atoms with Gasteiger partial charge >= 0.3 is 16.1 Å². The van der Waals surface area contributed by atoms with Crippen LogP contribution < -0.4 is 13.6 Å². The Kier molecular flexibility index (Phi) is 5.42. The minimum absolute atomic E-state index is 0.209. The molecule has 0 unspecified atom stereocenters. The van der Waals surface area contributed by atoms with E-state index in [1.165, 1.54) is 0 Å². The molecule has 0 fully saturated rings. The highest BCUT2D eigenvalue weighted by molar-refractivity contribution is 14.1. The van der Waals surface area contributed by atoms with Gasteiger partial charge in [-0.15, -0.1) is 0 Å². The summed E-state index contributed by atoms with van der Waals surface area (Å²) in [5.74, 6) is -2.86. The summed E-state index contributed by atoms with van der Waals surface area (Å²) in [5, 5.41) is 0. The predicted molar refractivity (Wildman–Crippen MR) is 127 cm³/mol. The van der Waals surface area contributed by atoms with Gasteiger partial charge in [0.25, 0.3) is 5.91 Å². The lowest BCUT2D eigenvalue weighted by molar-refractivity contribution is 0.0731. The second kappa shape index (κ2) is 7.30. The molecule has 1 amide bonds. The van der Waals surface area contributed by atoms with Gasteiger partial charge in [0.15, 0.2) is 16.1 Å². The van der Waals surface area contributed by atoms with E-state index in [1.54, 1.807) is 10.8 Å². The first-order chi connectivity index (χ1) is 13.8. The molecular formula is C15H6I3NO9S2. The van der Waals surface area contributed by atoms with E-state index in [-0.39, 0.29) is 16.9 Å². The number of rotatable bonds is 4. The highest BCUT2D eigenvalue weighted by Gasteiger charge is 2.47. The van der Waals surface area contributed by atoms with E-state index in [2.05, 4.69) is 22.6 Å². The lowest BCUT2D eigenvalue weighted by Gasteiger charge is -2.08. The molecule has 0 saturated heterocycles. The predicted octanol–water partition coefficient (Wildman–Crippen LogP) is 2.67. The number of esters is 1. The van der Waals surface area contributed by atoms with Gasteiger partial charge < -0.3 is 13.3 Å². The van der Waals surface area contributed by atoms with E-state index < -0.39 is 53.8 Å². The van der Waals surface area contributed by atoms with Gasteiger partial charge in [-0.3, -0.25) is 4.79 Å². The average molecular weight is 789 g/mol. The van der Waals surface area contributed by atoms with Gasteiger partial charge in [0.1, 0.15) is 5.56 Å². The number of halogens is 3. The smallest absolute Gasteiger partial charge is 0.344 e. The van der Waals surface area contributed by atoms with Crippen LogP contribution in [-0.2, 0) is 20.1 Å². The number of sulfonamides is 1. The highest BCUT2D eigenvalue weighted by atomic mass is 127. The topological polar surface area (TPSA) is 146 Å². The number of hydrogen-bond acceptors (Lipinski definition) is 9. The second-order valence-corrected chi connectivity index (χ2v) is 12.7. The van der Waals surface area contributed by atoms with Crippen molar-refractivity contribution in [2.75, 3.05) is 6.26 Å². The van der Waals surface area contributed by atoms with Gasteiger partial charge in [0.2, 0.25) is 21.5 Å². The quantitative estimate of drug-likeness (QED) is 0.139. The maximum absolute atomic E-state index is 12.8. The first-order valence-electron chi connectivity index (χ1n) is 7.55. The van der Waals surface area contributed by atoms with E-state index in [9.17, 15) is 26.4 Å². The molecule has 3 aromatic rings. The van der Waals surface area contributed by atoms with Crippen LogP contribution in [0.25, 0.3) is 11.2 Å². The van der Waals surface area contributed by atoms with E-state index >= 15 is 0 Å². The first-order valence-corrected chi connectivity index (χ1v) is 14.1. The molecule has 10 nitrogen and oxygen atoms in total. The number of furan rings is 2. The lowest BCUT2D eigenvalue weighted by Crippen LogP contribution is -2.30. The second-order valence-electron chi connectivity index (χ2n) is 6.00. The standard InChI is InChI=1S/C15H6I3NO9S2/c1-29(22,23)19-14(20)7-9-10(11-12(26-9)13(7)30(24,25)28-11)27-15(21)5-2-4(16)3-6(17)8(5)18/h2-3H,1H3,(H,19,20). The first kappa shape index (κ1) is 22.3. The van der Waals surface area contributed by atoms with Crippen LogP contribution in [0.5, 0.6) is 11.5 Å². The third-order valence-electron chi connectivity index (χ3n) is 3.84. The SMILES string of the molecule is CS(=O)(=O)NC(=O)c1c2c3oc1c(OC(=O)c1cc(I)cc(I)c1I)c3OS2(=O)=O. The van der Waals surface area contributed by atoms with E-state index in [0.29, 0.717) is 3.57 Å². The van der Waals surface area contributed by atoms with Gasteiger partial charge in [-0.25, -0.2) is 17.9 Å². The minimum atomic E-state index is -4.45. The molecular weight excluding hydrogens is 783 g/mol. The Balaban J connectivity index is 1.83. The summed E-state index contributed by atoms with van der Waals surface area (Å²) in [6.07, 6.45) is 0.727. The molecule has 15 heteroatoms. The molecule has 158 valence electrons. The molecule has 0 aliphatic carbocycles. The van der Waals surface area contributed by atoms with Crippen molar-refractivity contribution >= 4 is 111 Å². The largest absolute Gasteiger partial charge is 0.447 e. The Morgan fingerprint density at radius 3 is 2.43 bits per heavy atom. The molecule has 3 heterocycles. The third kappa shape index (κ3) is 3.64. The molecule has 1 aromatic carbocycles. The van der Waals surface area contributed by atoms with Crippen molar-refractivity contribution in [2.45, 2.75) is 4.90 Å². The van der Waals surface area contributed by atoms with Crippen LogP contribution in [0, 0.1) is 10.7 Å². The summed E-state index contributed by atoms with van der Waals surface area (Å²) >= 11 is 6.05. The average Bonchev–Trinajstić information content (AvgIpc) is 3.18. The van der Waals surface area contributed by atoms with E-state index in [4.69, 9.17) is 13.3 Å². The molecule has 1 N–H and O–H groups in total. The lowest BCUT2D eigenvalue weighted by atomic mass is 10.2. The fraction of sp³-hybridized carbons (Fsp3) is 0.0667. The van der Waals surface area contributed by atoms with Crippen molar-refractivity contribution in [1.82, 2.24) is 4.72 Å². The van der Waals surface area contributed by atoms with Crippen LogP contribution >= 0.6 is 67.8 Å². The Bertz CT molecular complexity index is 1480. The zero-order chi connectivity index (χ0) is 22.2. The Morgan fingerprint density at radius 2 is 1.80 bits per heavy atom. The van der Waals surface area contributed by atoms with Crippen LogP contribution in [-0.4, -0.2) is 35.0 Å². The molecule has 2 aromatic heterocycles. The van der Waals surface area contributed by atoms with Crippen LogP contribution in [0.2, 0.25) is 0 Å². The number of ether oxygens (including phenoxy) is 1. The normalized spacial score (nSPS) is 14.7. The molecule has 0 atom stereocenters. The molecule has 2 bridgehead atoms. The Morgan fingerprint density at radius 1 is 1.13 bits per heavy atom. The van der Waals surface area contributed by atoms with Gasteiger partial charge in [0.05, 0.1) is 11.8 Å². The molecule has 4 rings (SSSR count). The summed E-state index contributed by atoms with van der Waals surface area (Å²) in [4.78, 5) is 24.6. The van der Waals surface area contributed by atoms with Crippen molar-refractivity contribution in [3.63, 3.8) is 0 Å². The van der Waals surface area contributed by atoms with Crippen LogP contribution in [0.4, 0.5) is 0 Å². The molecule has 1 aliphatic heterocycles.